The number of methoxy groups -OCH3 is 1. The third-order valence-corrected chi connectivity index (χ3v) is 3.57. The van der Waals surface area contributed by atoms with Gasteiger partial charge in [-0.1, -0.05) is 18.6 Å². The molecule has 1 aliphatic heterocycles. The first-order chi connectivity index (χ1) is 10.8. The molecule has 1 amide bonds. The summed E-state index contributed by atoms with van der Waals surface area (Å²) in [4.78, 5) is 19.2. The van der Waals surface area contributed by atoms with Crippen molar-refractivity contribution >= 4 is 5.91 Å². The summed E-state index contributed by atoms with van der Waals surface area (Å²) in [6.07, 6.45) is 3.81. The zero-order chi connectivity index (χ0) is 15.6. The van der Waals surface area contributed by atoms with E-state index in [0.717, 1.165) is 19.6 Å². The van der Waals surface area contributed by atoms with Crippen LogP contribution in [-0.2, 0) is 9.63 Å². The zero-order valence-corrected chi connectivity index (χ0v) is 13.0. The van der Waals surface area contributed by atoms with Gasteiger partial charge in [-0.25, -0.2) is 5.48 Å². The van der Waals surface area contributed by atoms with Crippen LogP contribution in [0.5, 0.6) is 11.5 Å². The number of amides is 1. The largest absolute Gasteiger partial charge is 0.493 e. The molecule has 1 N–H and O–H groups in total. The summed E-state index contributed by atoms with van der Waals surface area (Å²) in [5.41, 5.74) is 2.40. The van der Waals surface area contributed by atoms with Gasteiger partial charge in [-0.3, -0.25) is 9.63 Å². The summed E-state index contributed by atoms with van der Waals surface area (Å²) in [6.45, 7) is 3.46. The second-order valence-electron chi connectivity index (χ2n) is 5.22. The maximum Gasteiger partial charge on any atom is 0.281 e. The molecule has 1 fully saturated rings. The third-order valence-electron chi connectivity index (χ3n) is 3.57. The van der Waals surface area contributed by atoms with E-state index in [-0.39, 0.29) is 12.5 Å². The van der Waals surface area contributed by atoms with Crippen LogP contribution in [0.15, 0.2) is 24.3 Å². The fourth-order valence-corrected chi connectivity index (χ4v) is 2.40. The SMILES string of the molecule is COc1ccccc1OCC(=O)NOCCN1CCCCC1. The van der Waals surface area contributed by atoms with Gasteiger partial charge < -0.3 is 14.4 Å². The van der Waals surface area contributed by atoms with Gasteiger partial charge >= 0.3 is 0 Å². The van der Waals surface area contributed by atoms with Gasteiger partial charge in [0.05, 0.1) is 13.7 Å². The van der Waals surface area contributed by atoms with Crippen molar-refractivity contribution in [2.45, 2.75) is 19.3 Å². The van der Waals surface area contributed by atoms with E-state index in [9.17, 15) is 4.79 Å². The molecular weight excluding hydrogens is 284 g/mol. The Morgan fingerprint density at radius 2 is 1.91 bits per heavy atom. The van der Waals surface area contributed by atoms with E-state index in [1.54, 1.807) is 19.2 Å². The average molecular weight is 308 g/mol. The highest BCUT2D eigenvalue weighted by Gasteiger charge is 2.10. The molecular formula is C16H24N2O4. The van der Waals surface area contributed by atoms with E-state index < -0.39 is 0 Å². The summed E-state index contributed by atoms with van der Waals surface area (Å²) in [5.74, 6) is 0.819. The summed E-state index contributed by atoms with van der Waals surface area (Å²) in [6, 6.07) is 7.20. The van der Waals surface area contributed by atoms with Crippen molar-refractivity contribution in [1.29, 1.82) is 0 Å². The number of hydrogen-bond donors (Lipinski definition) is 1. The van der Waals surface area contributed by atoms with Gasteiger partial charge in [0.25, 0.3) is 5.91 Å². The molecule has 0 spiro atoms. The zero-order valence-electron chi connectivity index (χ0n) is 13.0. The van der Waals surface area contributed by atoms with E-state index in [1.165, 1.54) is 19.3 Å². The van der Waals surface area contributed by atoms with Crippen molar-refractivity contribution in [3.63, 3.8) is 0 Å². The third kappa shape index (κ3) is 5.54. The molecule has 6 nitrogen and oxygen atoms in total. The number of nitrogens with one attached hydrogen (secondary N) is 1. The van der Waals surface area contributed by atoms with Crippen molar-refractivity contribution in [2.75, 3.05) is 40.0 Å². The highest BCUT2D eigenvalue weighted by atomic mass is 16.7. The second kappa shape index (κ2) is 9.27. The topological polar surface area (TPSA) is 60.0 Å². The van der Waals surface area contributed by atoms with Crippen LogP contribution in [0.2, 0.25) is 0 Å². The molecule has 1 aromatic rings. The predicted octanol–water partition coefficient (Wildman–Crippen LogP) is 1.61. The Kier molecular flexibility index (Phi) is 6.99. The van der Waals surface area contributed by atoms with Gasteiger partial charge in [0.15, 0.2) is 18.1 Å². The first-order valence-electron chi connectivity index (χ1n) is 7.68. The Morgan fingerprint density at radius 3 is 2.64 bits per heavy atom. The number of nitrogens with zero attached hydrogens (tertiary/aromatic N) is 1. The van der Waals surface area contributed by atoms with Crippen LogP contribution in [0, 0.1) is 0 Å². The Labute approximate surface area is 131 Å². The predicted molar refractivity (Wildman–Crippen MR) is 82.9 cm³/mol. The summed E-state index contributed by atoms with van der Waals surface area (Å²) < 4.78 is 10.6. The Bertz CT molecular complexity index is 461. The summed E-state index contributed by atoms with van der Waals surface area (Å²) in [5, 5.41) is 0. The molecule has 0 aromatic heterocycles. The van der Waals surface area contributed by atoms with Crippen molar-refractivity contribution in [3.8, 4) is 11.5 Å². The second-order valence-corrected chi connectivity index (χ2v) is 5.22. The van der Waals surface area contributed by atoms with Crippen LogP contribution in [0.1, 0.15) is 19.3 Å². The number of ether oxygens (including phenoxy) is 2. The highest BCUT2D eigenvalue weighted by Crippen LogP contribution is 2.25. The van der Waals surface area contributed by atoms with E-state index in [2.05, 4.69) is 10.4 Å². The van der Waals surface area contributed by atoms with E-state index in [4.69, 9.17) is 14.3 Å². The number of benzene rings is 1. The van der Waals surface area contributed by atoms with E-state index in [1.807, 2.05) is 12.1 Å². The van der Waals surface area contributed by atoms with Crippen LogP contribution in [0.3, 0.4) is 0 Å². The lowest BCUT2D eigenvalue weighted by atomic mass is 10.1. The molecule has 0 radical (unpaired) electrons. The lowest BCUT2D eigenvalue weighted by Gasteiger charge is -2.25. The van der Waals surface area contributed by atoms with Crippen LogP contribution in [0.25, 0.3) is 0 Å². The van der Waals surface area contributed by atoms with Gasteiger partial charge in [0.1, 0.15) is 0 Å². The molecule has 22 heavy (non-hydrogen) atoms. The van der Waals surface area contributed by atoms with Crippen LogP contribution in [-0.4, -0.2) is 50.8 Å². The molecule has 0 atom stereocenters. The lowest BCUT2D eigenvalue weighted by molar-refractivity contribution is -0.136. The summed E-state index contributed by atoms with van der Waals surface area (Å²) in [7, 11) is 1.56. The van der Waals surface area contributed by atoms with Crippen LogP contribution < -0.4 is 15.0 Å². The average Bonchev–Trinajstić information content (AvgIpc) is 2.58. The maximum atomic E-state index is 11.7. The van der Waals surface area contributed by atoms with Crippen molar-refractivity contribution in [2.24, 2.45) is 0 Å². The Hall–Kier alpha value is -1.79. The standard InChI is InChI=1S/C16H24N2O4/c1-20-14-7-3-4-8-15(14)21-13-16(19)17-22-12-11-18-9-5-2-6-10-18/h3-4,7-8H,2,5-6,9-13H2,1H3,(H,17,19). The monoisotopic (exact) mass is 308 g/mol. The molecule has 0 unspecified atom stereocenters. The quantitative estimate of drug-likeness (QED) is 0.584. The Morgan fingerprint density at radius 1 is 1.18 bits per heavy atom. The van der Waals surface area contributed by atoms with Crippen molar-refractivity contribution in [1.82, 2.24) is 10.4 Å². The highest BCUT2D eigenvalue weighted by molar-refractivity contribution is 5.76. The number of piperidine rings is 1. The van der Waals surface area contributed by atoms with Crippen LogP contribution >= 0.6 is 0 Å². The minimum Gasteiger partial charge on any atom is -0.493 e. The molecule has 1 aromatic carbocycles. The number of hydrogen-bond acceptors (Lipinski definition) is 5. The maximum absolute atomic E-state index is 11.7. The first kappa shape index (κ1) is 16.6. The van der Waals surface area contributed by atoms with E-state index in [0.29, 0.717) is 18.1 Å². The van der Waals surface area contributed by atoms with Gasteiger partial charge in [0, 0.05) is 6.54 Å². The smallest absolute Gasteiger partial charge is 0.281 e. The van der Waals surface area contributed by atoms with Gasteiger partial charge in [-0.15, -0.1) is 0 Å². The number of likely N-dealkylation sites (tertiary alicyclic amines) is 1. The first-order valence-corrected chi connectivity index (χ1v) is 7.68. The van der Waals surface area contributed by atoms with Crippen molar-refractivity contribution in [3.05, 3.63) is 24.3 Å². The molecule has 0 aliphatic carbocycles. The molecule has 1 aliphatic rings. The minimum absolute atomic E-state index is 0.107. The van der Waals surface area contributed by atoms with E-state index >= 15 is 0 Å². The number of hydroxylamine groups is 1. The van der Waals surface area contributed by atoms with Crippen molar-refractivity contribution < 1.29 is 19.1 Å². The van der Waals surface area contributed by atoms with Crippen LogP contribution in [0.4, 0.5) is 0 Å². The number of rotatable bonds is 8. The number of para-hydroxylation sites is 2. The fraction of sp³-hybridized carbons (Fsp3) is 0.562. The molecule has 1 saturated heterocycles. The molecule has 1 heterocycles. The normalized spacial score (nSPS) is 15.3. The minimum atomic E-state index is -0.315. The number of carbonyl (C=O) groups excluding carboxylic acids is 1. The van der Waals surface area contributed by atoms with Gasteiger partial charge in [-0.2, -0.15) is 0 Å². The molecule has 122 valence electrons. The van der Waals surface area contributed by atoms with Gasteiger partial charge in [0.2, 0.25) is 0 Å². The number of carbonyl (C=O) groups is 1. The molecule has 0 saturated carbocycles. The molecule has 0 bridgehead atoms. The summed E-state index contributed by atoms with van der Waals surface area (Å²) >= 11 is 0. The Balaban J connectivity index is 1.59. The fourth-order valence-electron chi connectivity index (χ4n) is 2.40. The molecule has 6 heteroatoms. The molecule has 2 rings (SSSR count). The van der Waals surface area contributed by atoms with Gasteiger partial charge in [-0.05, 0) is 38.1 Å². The lowest BCUT2D eigenvalue weighted by Crippen LogP contribution is -2.36.